The van der Waals surface area contributed by atoms with E-state index in [0.717, 1.165) is 24.8 Å². The molecule has 1 aliphatic carbocycles. The van der Waals surface area contributed by atoms with Gasteiger partial charge in [-0.3, -0.25) is 0 Å². The Kier molecular flexibility index (Phi) is 7.06. The van der Waals surface area contributed by atoms with Gasteiger partial charge in [0, 0.05) is 6.61 Å². The first-order valence-corrected chi connectivity index (χ1v) is 7.04. The standard InChI is InChI=1S/C14H29NO/c1-12(2)9-14(7-8-16)11-15-10-13-5-3-4-6-13/h12-16H,3-11H2,1-2H3. The lowest BCUT2D eigenvalue weighted by atomic mass is 9.94. The van der Waals surface area contributed by atoms with E-state index in [0.29, 0.717) is 12.5 Å². The van der Waals surface area contributed by atoms with E-state index >= 15 is 0 Å². The third-order valence-electron chi connectivity index (χ3n) is 3.68. The van der Waals surface area contributed by atoms with Crippen LogP contribution in [0.4, 0.5) is 0 Å². The fraction of sp³-hybridized carbons (Fsp3) is 1.00. The molecule has 1 aliphatic rings. The number of nitrogens with one attached hydrogen (secondary N) is 1. The molecule has 0 heterocycles. The maximum atomic E-state index is 9.03. The lowest BCUT2D eigenvalue weighted by Gasteiger charge is -2.20. The second kappa shape index (κ2) is 8.08. The van der Waals surface area contributed by atoms with Gasteiger partial charge in [-0.15, -0.1) is 0 Å². The van der Waals surface area contributed by atoms with E-state index in [4.69, 9.17) is 5.11 Å². The second-order valence-electron chi connectivity index (χ2n) is 5.82. The molecule has 0 spiro atoms. The zero-order valence-corrected chi connectivity index (χ0v) is 11.0. The Balaban J connectivity index is 2.10. The van der Waals surface area contributed by atoms with Gasteiger partial charge in [0.05, 0.1) is 0 Å². The van der Waals surface area contributed by atoms with Crippen LogP contribution in [0, 0.1) is 17.8 Å². The molecule has 1 unspecified atom stereocenters. The van der Waals surface area contributed by atoms with Crippen LogP contribution in [-0.2, 0) is 0 Å². The maximum Gasteiger partial charge on any atom is 0.0434 e. The Bertz CT molecular complexity index is 164. The minimum atomic E-state index is 0.336. The second-order valence-corrected chi connectivity index (χ2v) is 5.82. The van der Waals surface area contributed by atoms with Crippen molar-refractivity contribution in [2.24, 2.45) is 17.8 Å². The van der Waals surface area contributed by atoms with E-state index in [9.17, 15) is 0 Å². The predicted molar refractivity (Wildman–Crippen MR) is 69.5 cm³/mol. The molecule has 1 saturated carbocycles. The highest BCUT2D eigenvalue weighted by atomic mass is 16.3. The molecule has 16 heavy (non-hydrogen) atoms. The number of hydrogen-bond donors (Lipinski definition) is 2. The van der Waals surface area contributed by atoms with E-state index < -0.39 is 0 Å². The Labute approximate surface area is 101 Å². The van der Waals surface area contributed by atoms with Crippen LogP contribution in [0.5, 0.6) is 0 Å². The highest BCUT2D eigenvalue weighted by molar-refractivity contribution is 4.71. The molecular formula is C14H29NO. The SMILES string of the molecule is CC(C)CC(CCO)CNCC1CCCC1. The van der Waals surface area contributed by atoms with Gasteiger partial charge >= 0.3 is 0 Å². The van der Waals surface area contributed by atoms with Crippen LogP contribution >= 0.6 is 0 Å². The van der Waals surface area contributed by atoms with Crippen molar-refractivity contribution in [2.45, 2.75) is 52.4 Å². The van der Waals surface area contributed by atoms with Crippen LogP contribution in [0.25, 0.3) is 0 Å². The van der Waals surface area contributed by atoms with E-state index in [2.05, 4.69) is 19.2 Å². The summed E-state index contributed by atoms with van der Waals surface area (Å²) in [6.45, 7) is 7.15. The maximum absolute atomic E-state index is 9.03. The van der Waals surface area contributed by atoms with Gasteiger partial charge in [0.15, 0.2) is 0 Å². The number of hydrogen-bond acceptors (Lipinski definition) is 2. The predicted octanol–water partition coefficient (Wildman–Crippen LogP) is 2.81. The van der Waals surface area contributed by atoms with E-state index in [1.807, 2.05) is 0 Å². The molecule has 0 aliphatic heterocycles. The number of rotatable bonds is 8. The largest absolute Gasteiger partial charge is 0.396 e. The molecule has 0 aromatic rings. The summed E-state index contributed by atoms with van der Waals surface area (Å²) >= 11 is 0. The lowest BCUT2D eigenvalue weighted by molar-refractivity contribution is 0.238. The minimum absolute atomic E-state index is 0.336. The molecule has 0 aromatic carbocycles. The topological polar surface area (TPSA) is 32.3 Å². The summed E-state index contributed by atoms with van der Waals surface area (Å²) in [5.41, 5.74) is 0. The average molecular weight is 227 g/mol. The van der Waals surface area contributed by atoms with Gasteiger partial charge in [-0.1, -0.05) is 26.7 Å². The van der Waals surface area contributed by atoms with Gasteiger partial charge in [-0.05, 0) is 56.5 Å². The third-order valence-corrected chi connectivity index (χ3v) is 3.68. The summed E-state index contributed by atoms with van der Waals surface area (Å²) in [7, 11) is 0. The molecule has 2 nitrogen and oxygen atoms in total. The molecule has 1 fully saturated rings. The molecule has 1 rings (SSSR count). The monoisotopic (exact) mass is 227 g/mol. The smallest absolute Gasteiger partial charge is 0.0434 e. The van der Waals surface area contributed by atoms with E-state index in [1.165, 1.54) is 38.6 Å². The first kappa shape index (κ1) is 14.0. The van der Waals surface area contributed by atoms with Crippen LogP contribution < -0.4 is 5.32 Å². The van der Waals surface area contributed by atoms with Crippen LogP contribution in [0.3, 0.4) is 0 Å². The van der Waals surface area contributed by atoms with Crippen LogP contribution in [0.15, 0.2) is 0 Å². The lowest BCUT2D eigenvalue weighted by Crippen LogP contribution is -2.28. The van der Waals surface area contributed by atoms with Crippen molar-refractivity contribution in [3.05, 3.63) is 0 Å². The molecular weight excluding hydrogens is 198 g/mol. The summed E-state index contributed by atoms with van der Waals surface area (Å²) in [4.78, 5) is 0. The Morgan fingerprint density at radius 3 is 2.50 bits per heavy atom. The fourth-order valence-corrected chi connectivity index (χ4v) is 2.86. The molecule has 0 saturated heterocycles. The van der Waals surface area contributed by atoms with E-state index in [-0.39, 0.29) is 0 Å². The molecule has 2 N–H and O–H groups in total. The van der Waals surface area contributed by atoms with Gasteiger partial charge < -0.3 is 10.4 Å². The van der Waals surface area contributed by atoms with Crippen molar-refractivity contribution in [3.63, 3.8) is 0 Å². The normalized spacial score (nSPS) is 19.5. The van der Waals surface area contributed by atoms with Crippen molar-refractivity contribution < 1.29 is 5.11 Å². The average Bonchev–Trinajstić information content (AvgIpc) is 2.70. The van der Waals surface area contributed by atoms with Crippen molar-refractivity contribution in [3.8, 4) is 0 Å². The molecule has 0 amide bonds. The van der Waals surface area contributed by atoms with Gasteiger partial charge in [-0.2, -0.15) is 0 Å². The van der Waals surface area contributed by atoms with Crippen molar-refractivity contribution in [1.29, 1.82) is 0 Å². The quantitative estimate of drug-likeness (QED) is 0.668. The summed E-state index contributed by atoms with van der Waals surface area (Å²) in [5.74, 6) is 2.32. The highest BCUT2D eigenvalue weighted by Gasteiger charge is 2.15. The molecule has 2 heteroatoms. The Morgan fingerprint density at radius 1 is 1.25 bits per heavy atom. The van der Waals surface area contributed by atoms with Gasteiger partial charge in [-0.25, -0.2) is 0 Å². The van der Waals surface area contributed by atoms with Crippen LogP contribution in [0.1, 0.15) is 52.4 Å². The van der Waals surface area contributed by atoms with Crippen LogP contribution in [0.2, 0.25) is 0 Å². The third kappa shape index (κ3) is 5.86. The molecule has 0 bridgehead atoms. The summed E-state index contributed by atoms with van der Waals surface area (Å²) in [6, 6.07) is 0. The first-order chi connectivity index (χ1) is 7.72. The fourth-order valence-electron chi connectivity index (χ4n) is 2.86. The molecule has 0 radical (unpaired) electrons. The summed E-state index contributed by atoms with van der Waals surface area (Å²) in [6.07, 6.45) is 7.88. The number of aliphatic hydroxyl groups is 1. The highest BCUT2D eigenvalue weighted by Crippen LogP contribution is 2.24. The van der Waals surface area contributed by atoms with Crippen molar-refractivity contribution in [2.75, 3.05) is 19.7 Å². The van der Waals surface area contributed by atoms with Crippen molar-refractivity contribution in [1.82, 2.24) is 5.32 Å². The molecule has 96 valence electrons. The Morgan fingerprint density at radius 2 is 1.94 bits per heavy atom. The number of aliphatic hydroxyl groups excluding tert-OH is 1. The van der Waals surface area contributed by atoms with E-state index in [1.54, 1.807) is 0 Å². The zero-order valence-electron chi connectivity index (χ0n) is 11.0. The van der Waals surface area contributed by atoms with Gasteiger partial charge in [0.2, 0.25) is 0 Å². The zero-order chi connectivity index (χ0) is 11.8. The summed E-state index contributed by atoms with van der Waals surface area (Å²) < 4.78 is 0. The van der Waals surface area contributed by atoms with Gasteiger partial charge in [0.25, 0.3) is 0 Å². The van der Waals surface area contributed by atoms with Gasteiger partial charge in [0.1, 0.15) is 0 Å². The molecule has 1 atom stereocenters. The first-order valence-electron chi connectivity index (χ1n) is 7.04. The Hall–Kier alpha value is -0.0800. The van der Waals surface area contributed by atoms with Crippen LogP contribution in [-0.4, -0.2) is 24.8 Å². The molecule has 0 aromatic heterocycles. The summed E-state index contributed by atoms with van der Waals surface area (Å²) in [5, 5.41) is 12.6. The minimum Gasteiger partial charge on any atom is -0.396 e. The van der Waals surface area contributed by atoms with Crippen molar-refractivity contribution >= 4 is 0 Å².